The summed E-state index contributed by atoms with van der Waals surface area (Å²) in [4.78, 5) is 73.0. The van der Waals surface area contributed by atoms with Gasteiger partial charge in [0.05, 0.1) is 17.9 Å². The smallest absolute Gasteiger partial charge is 0.256 e. The number of allylic oxidation sites excluding steroid dienone is 12. The standard InChI is InChI=1S/C6Br4O2.C6Cl4O2.C6F4O2.HNO2/c3*7-1-2(8)6(12)4(10)3(9)5(1)11;2-1-3/h;;;1H. The second kappa shape index (κ2) is 16.2. The first-order valence-electron chi connectivity index (χ1n) is 8.40. The summed E-state index contributed by atoms with van der Waals surface area (Å²) in [5, 5.41) is 6.80. The maximum absolute atomic E-state index is 12.1. The van der Waals surface area contributed by atoms with E-state index in [2.05, 4.69) is 63.7 Å². The number of carbonyl (C=O) groups excluding carboxylic acids is 6. The average molecular weight is 897 g/mol. The minimum Gasteiger partial charge on any atom is -0.287 e. The number of rotatable bonds is 0. The van der Waals surface area contributed by atoms with Crippen LogP contribution in [0.15, 0.2) is 61.4 Å². The van der Waals surface area contributed by atoms with Gasteiger partial charge in [0.25, 0.3) is 11.6 Å². The van der Waals surface area contributed by atoms with Gasteiger partial charge in [0.15, 0.2) is 0 Å². The lowest BCUT2D eigenvalue weighted by Gasteiger charge is -2.09. The fourth-order valence-electron chi connectivity index (χ4n) is 1.77. The zero-order valence-electron chi connectivity index (χ0n) is 17.3. The number of ketones is 6. The van der Waals surface area contributed by atoms with Gasteiger partial charge >= 0.3 is 0 Å². The molecule has 9 nitrogen and oxygen atoms in total. The van der Waals surface area contributed by atoms with Gasteiger partial charge in [-0.15, -0.1) is 0 Å². The molecule has 0 bridgehead atoms. The first-order valence-corrected chi connectivity index (χ1v) is 13.1. The van der Waals surface area contributed by atoms with Crippen molar-refractivity contribution in [2.45, 2.75) is 0 Å². The Hall–Kier alpha value is -1.34. The number of nitrogens with one attached hydrogen (secondary N) is 1. The Kier molecular flexibility index (Phi) is 15.6. The molecule has 3 rings (SSSR count). The van der Waals surface area contributed by atoms with E-state index < -0.39 is 66.6 Å². The summed E-state index contributed by atoms with van der Waals surface area (Å²) >= 11 is 33.5. The molecule has 39 heavy (non-hydrogen) atoms. The van der Waals surface area contributed by atoms with E-state index in [1.807, 2.05) is 0 Å². The molecule has 0 aromatic rings. The van der Waals surface area contributed by atoms with Crippen LogP contribution < -0.4 is 5.34 Å². The Morgan fingerprint density at radius 1 is 0.462 bits per heavy atom. The zero-order chi connectivity index (χ0) is 31.1. The van der Waals surface area contributed by atoms with Crippen LogP contribution in [0, 0.1) is 10.1 Å². The van der Waals surface area contributed by atoms with E-state index in [4.69, 9.17) is 56.5 Å². The van der Waals surface area contributed by atoms with Crippen molar-refractivity contribution in [1.82, 2.24) is 0 Å². The third-order valence-electron chi connectivity index (χ3n) is 3.55. The largest absolute Gasteiger partial charge is 0.287 e. The summed E-state index contributed by atoms with van der Waals surface area (Å²) in [6.07, 6.45) is 0. The molecule has 21 heteroatoms. The van der Waals surface area contributed by atoms with Crippen molar-refractivity contribution >= 4 is 145 Å². The highest BCUT2D eigenvalue weighted by Crippen LogP contribution is 2.36. The van der Waals surface area contributed by atoms with Crippen molar-refractivity contribution in [3.8, 4) is 0 Å². The summed E-state index contributed by atoms with van der Waals surface area (Å²) in [6, 6.07) is 0. The van der Waals surface area contributed by atoms with Crippen molar-refractivity contribution in [3.05, 3.63) is 71.5 Å². The van der Waals surface area contributed by atoms with Gasteiger partial charge in [-0.25, -0.2) is 0 Å². The van der Waals surface area contributed by atoms with Crippen molar-refractivity contribution in [2.75, 3.05) is 0 Å². The molecule has 0 radical (unpaired) electrons. The molecule has 0 unspecified atom stereocenters. The predicted molar refractivity (Wildman–Crippen MR) is 143 cm³/mol. The Morgan fingerprint density at radius 3 is 0.769 bits per heavy atom. The predicted octanol–water partition coefficient (Wildman–Crippen LogP) is 5.43. The van der Waals surface area contributed by atoms with Gasteiger partial charge in [-0.05, 0) is 63.7 Å². The van der Waals surface area contributed by atoms with E-state index in [9.17, 15) is 46.3 Å². The number of carbonyl (C=O) groups is 6. The molecular formula is C18HBr4Cl4F4NO8. The van der Waals surface area contributed by atoms with Gasteiger partial charge in [0.2, 0.25) is 46.4 Å². The van der Waals surface area contributed by atoms with Crippen LogP contribution in [0.2, 0.25) is 0 Å². The van der Waals surface area contributed by atoms with E-state index in [-0.39, 0.29) is 34.8 Å². The lowest BCUT2D eigenvalue weighted by molar-refractivity contribution is -0.398. The third kappa shape index (κ3) is 8.82. The fraction of sp³-hybridized carbons (Fsp3) is 0. The van der Waals surface area contributed by atoms with Crippen LogP contribution in [0.4, 0.5) is 17.6 Å². The molecule has 0 heterocycles. The van der Waals surface area contributed by atoms with E-state index in [0.717, 1.165) is 0 Å². The Bertz CT molecular complexity index is 1070. The maximum atomic E-state index is 12.1. The molecule has 3 aliphatic rings. The van der Waals surface area contributed by atoms with E-state index in [1.165, 1.54) is 0 Å². The molecular weight excluding hydrogens is 896 g/mol. The van der Waals surface area contributed by atoms with Gasteiger partial charge in [0.1, 0.15) is 20.1 Å². The molecule has 0 saturated heterocycles. The van der Waals surface area contributed by atoms with Gasteiger partial charge in [0, 0.05) is 5.34 Å². The fourth-order valence-corrected chi connectivity index (χ4v) is 4.64. The number of hydrogen-bond acceptors (Lipinski definition) is 8. The molecule has 0 saturated carbocycles. The normalized spacial score (nSPS) is 18.2. The summed E-state index contributed by atoms with van der Waals surface area (Å²) in [5.41, 5.74) is 0. The van der Waals surface area contributed by atoms with E-state index in [0.29, 0.717) is 0 Å². The maximum Gasteiger partial charge on any atom is 0.256 e. The minimum absolute atomic E-state index is 0.238. The van der Waals surface area contributed by atoms with Crippen LogP contribution in [0.5, 0.6) is 0 Å². The summed E-state index contributed by atoms with van der Waals surface area (Å²) < 4.78 is 49.5. The molecule has 3 aliphatic carbocycles. The van der Waals surface area contributed by atoms with Gasteiger partial charge in [-0.2, -0.15) is 17.6 Å². The van der Waals surface area contributed by atoms with Crippen LogP contribution in [0.3, 0.4) is 0 Å². The summed E-state index contributed by atoms with van der Waals surface area (Å²) in [5.74, 6) is -14.9. The Morgan fingerprint density at radius 2 is 0.615 bits per heavy atom. The molecule has 0 aromatic heterocycles. The van der Waals surface area contributed by atoms with Gasteiger partial charge < -0.3 is 0 Å². The minimum atomic E-state index is -2.20. The van der Waals surface area contributed by atoms with Crippen LogP contribution in [0.25, 0.3) is 0 Å². The molecule has 0 aromatic carbocycles. The molecule has 1 N–H and O–H groups in total. The van der Waals surface area contributed by atoms with Crippen LogP contribution in [-0.2, 0) is 28.8 Å². The highest BCUT2D eigenvalue weighted by molar-refractivity contribution is 9.16. The van der Waals surface area contributed by atoms with Crippen molar-refractivity contribution in [3.63, 3.8) is 0 Å². The molecule has 0 amide bonds. The Labute approximate surface area is 266 Å². The Balaban J connectivity index is 0.000000528. The lowest BCUT2D eigenvalue weighted by Crippen LogP contribution is -2.53. The first kappa shape index (κ1) is 37.7. The van der Waals surface area contributed by atoms with E-state index in [1.54, 1.807) is 0 Å². The van der Waals surface area contributed by atoms with Crippen LogP contribution in [0.1, 0.15) is 0 Å². The highest BCUT2D eigenvalue weighted by Gasteiger charge is 2.37. The van der Waals surface area contributed by atoms with Crippen molar-refractivity contribution < 1.29 is 51.7 Å². The second-order valence-corrected chi connectivity index (χ2v) is 10.5. The SMILES string of the molecule is O=C1C(Br)=C(Br)C(=O)C(Br)=C1Br.O=C1C(Cl)=C(Cl)C(=O)C(Cl)=C1Cl.O=C1C(F)=C(F)C(=O)C(F)=C1F.O=[NH+][O-]. The number of hydrogen-bond donors (Lipinski definition) is 1. The van der Waals surface area contributed by atoms with Gasteiger partial charge in [-0.3, -0.25) is 38.9 Å². The van der Waals surface area contributed by atoms with Crippen molar-refractivity contribution in [1.29, 1.82) is 0 Å². The first-order chi connectivity index (χ1) is 17.8. The molecule has 210 valence electrons. The molecule has 0 spiro atoms. The molecule has 0 fully saturated rings. The van der Waals surface area contributed by atoms with Gasteiger partial charge in [-0.1, -0.05) is 46.4 Å². The summed E-state index contributed by atoms with van der Waals surface area (Å²) in [6.45, 7) is 0. The third-order valence-corrected chi connectivity index (χ3v) is 9.28. The number of Topliss-reactive ketones (excluding diaryl/α,β-unsaturated/α-hetero) is 6. The quantitative estimate of drug-likeness (QED) is 0.146. The summed E-state index contributed by atoms with van der Waals surface area (Å²) in [7, 11) is 0. The van der Waals surface area contributed by atoms with Crippen LogP contribution >= 0.6 is 110 Å². The van der Waals surface area contributed by atoms with Crippen LogP contribution in [-0.4, -0.2) is 34.7 Å². The number of halogens is 12. The molecule has 0 aliphatic heterocycles. The van der Waals surface area contributed by atoms with E-state index >= 15 is 0 Å². The second-order valence-electron chi connectivity index (χ2n) is 5.83. The topological polar surface area (TPSA) is 157 Å². The highest BCUT2D eigenvalue weighted by atomic mass is 79.9. The average Bonchev–Trinajstić information content (AvgIpc) is 2.92. The molecule has 0 atom stereocenters. The zero-order valence-corrected chi connectivity index (χ0v) is 26.7. The monoisotopic (exact) mass is 891 g/mol. The van der Waals surface area contributed by atoms with Crippen molar-refractivity contribution in [2.24, 2.45) is 0 Å². The lowest BCUT2D eigenvalue weighted by atomic mass is 10.1.